The number of hydrogen-bond donors (Lipinski definition) is 2. The van der Waals surface area contributed by atoms with Gasteiger partial charge in [0.2, 0.25) is 0 Å². The average molecular weight is 288 g/mol. The lowest BCUT2D eigenvalue weighted by atomic mass is 10.1. The Hall–Kier alpha value is -2.14. The average Bonchev–Trinajstić information content (AvgIpc) is 2.52. The maximum absolute atomic E-state index is 11.7. The highest BCUT2D eigenvalue weighted by Gasteiger charge is 2.07. The summed E-state index contributed by atoms with van der Waals surface area (Å²) in [6.45, 7) is 3.83. The topological polar surface area (TPSA) is 67.4 Å². The van der Waals surface area contributed by atoms with Crippen molar-refractivity contribution in [2.24, 2.45) is 0 Å². The van der Waals surface area contributed by atoms with Crippen LogP contribution in [-0.2, 0) is 4.79 Å². The van der Waals surface area contributed by atoms with E-state index in [1.54, 1.807) is 24.3 Å². The smallest absolute Gasteiger partial charge is 0.258 e. The molecule has 1 aliphatic heterocycles. The van der Waals surface area contributed by atoms with Gasteiger partial charge in [0.1, 0.15) is 5.75 Å². The molecule has 0 unspecified atom stereocenters. The molecule has 0 radical (unpaired) electrons. The zero-order chi connectivity index (χ0) is 15.1. The summed E-state index contributed by atoms with van der Waals surface area (Å²) < 4.78 is 5.40. The molecule has 21 heavy (non-hydrogen) atoms. The Labute approximate surface area is 124 Å². The lowest BCUT2D eigenvalue weighted by molar-refractivity contribution is -0.122. The Bertz CT molecular complexity index is 552. The summed E-state index contributed by atoms with van der Waals surface area (Å²) in [5.41, 5.74) is 1.81. The molecule has 0 saturated heterocycles. The van der Waals surface area contributed by atoms with E-state index < -0.39 is 0 Å². The number of hydrogen-bond acceptors (Lipinski definition) is 4. The minimum atomic E-state index is -0.164. The third-order valence-electron chi connectivity index (χ3n) is 3.28. The molecular weight excluding hydrogens is 268 g/mol. The van der Waals surface area contributed by atoms with Crippen molar-refractivity contribution in [2.75, 3.05) is 26.2 Å². The van der Waals surface area contributed by atoms with Crippen LogP contribution in [0.5, 0.6) is 5.75 Å². The molecular formula is C16H20N2O3. The predicted octanol–water partition coefficient (Wildman–Crippen LogP) is 1.30. The first-order chi connectivity index (χ1) is 10.1. The van der Waals surface area contributed by atoms with Crippen molar-refractivity contribution < 1.29 is 14.3 Å². The van der Waals surface area contributed by atoms with E-state index in [1.165, 1.54) is 12.5 Å². The van der Waals surface area contributed by atoms with Gasteiger partial charge in [0.05, 0.1) is 0 Å². The van der Waals surface area contributed by atoms with Crippen molar-refractivity contribution in [2.45, 2.75) is 13.3 Å². The van der Waals surface area contributed by atoms with Gasteiger partial charge in [-0.15, -0.1) is 0 Å². The fourth-order valence-electron chi connectivity index (χ4n) is 2.05. The van der Waals surface area contributed by atoms with E-state index in [0.29, 0.717) is 17.9 Å². The maximum Gasteiger partial charge on any atom is 0.258 e. The second-order valence-electron chi connectivity index (χ2n) is 4.97. The van der Waals surface area contributed by atoms with Gasteiger partial charge in [-0.3, -0.25) is 9.59 Å². The summed E-state index contributed by atoms with van der Waals surface area (Å²) in [4.78, 5) is 23.0. The second-order valence-corrected chi connectivity index (χ2v) is 4.97. The molecule has 0 aliphatic carbocycles. The SMILES string of the molecule is CC(=O)c1cccc(OCC(=O)NCC2=CCNCC2)c1. The molecule has 0 fully saturated rings. The standard InChI is InChI=1S/C16H20N2O3/c1-12(19)14-3-2-4-15(9-14)21-11-16(20)18-10-13-5-7-17-8-6-13/h2-5,9,17H,6-8,10-11H2,1H3,(H,18,20). The first-order valence-electron chi connectivity index (χ1n) is 7.04. The van der Waals surface area contributed by atoms with Crippen LogP contribution in [0.15, 0.2) is 35.9 Å². The number of Topliss-reactive ketones (excluding diaryl/α,β-unsaturated/α-hetero) is 1. The van der Waals surface area contributed by atoms with E-state index in [0.717, 1.165) is 19.5 Å². The van der Waals surface area contributed by atoms with Crippen LogP contribution in [0, 0.1) is 0 Å². The number of nitrogens with one attached hydrogen (secondary N) is 2. The molecule has 2 rings (SSSR count). The molecule has 5 nitrogen and oxygen atoms in total. The van der Waals surface area contributed by atoms with E-state index in [2.05, 4.69) is 16.7 Å². The molecule has 1 heterocycles. The number of ether oxygens (including phenoxy) is 1. The number of rotatable bonds is 6. The molecule has 0 bridgehead atoms. The Morgan fingerprint density at radius 1 is 1.38 bits per heavy atom. The van der Waals surface area contributed by atoms with Crippen LogP contribution in [0.3, 0.4) is 0 Å². The second kappa shape index (κ2) is 7.59. The zero-order valence-corrected chi connectivity index (χ0v) is 12.1. The molecule has 1 amide bonds. The maximum atomic E-state index is 11.7. The molecule has 112 valence electrons. The summed E-state index contributed by atoms with van der Waals surface area (Å²) in [5, 5.41) is 6.06. The van der Waals surface area contributed by atoms with Crippen LogP contribution < -0.4 is 15.4 Å². The predicted molar refractivity (Wildman–Crippen MR) is 80.5 cm³/mol. The van der Waals surface area contributed by atoms with Gasteiger partial charge in [0.15, 0.2) is 12.4 Å². The van der Waals surface area contributed by atoms with E-state index in [4.69, 9.17) is 4.74 Å². The van der Waals surface area contributed by atoms with Gasteiger partial charge in [-0.25, -0.2) is 0 Å². The Morgan fingerprint density at radius 2 is 2.24 bits per heavy atom. The molecule has 0 spiro atoms. The molecule has 0 atom stereocenters. The highest BCUT2D eigenvalue weighted by Crippen LogP contribution is 2.13. The lowest BCUT2D eigenvalue weighted by Gasteiger charge is -2.14. The van der Waals surface area contributed by atoms with Crippen LogP contribution in [0.2, 0.25) is 0 Å². The van der Waals surface area contributed by atoms with Crippen molar-refractivity contribution in [1.82, 2.24) is 10.6 Å². The third kappa shape index (κ3) is 5.04. The highest BCUT2D eigenvalue weighted by atomic mass is 16.5. The third-order valence-corrected chi connectivity index (χ3v) is 3.28. The summed E-state index contributed by atoms with van der Waals surface area (Å²) in [6.07, 6.45) is 3.06. The largest absolute Gasteiger partial charge is 0.484 e. The van der Waals surface area contributed by atoms with Crippen molar-refractivity contribution in [3.63, 3.8) is 0 Å². The summed E-state index contributed by atoms with van der Waals surface area (Å²) >= 11 is 0. The quantitative estimate of drug-likeness (QED) is 0.612. The Kier molecular flexibility index (Phi) is 5.51. The van der Waals surface area contributed by atoms with Crippen LogP contribution in [0.25, 0.3) is 0 Å². The summed E-state index contributed by atoms with van der Waals surface area (Å²) in [7, 11) is 0. The fourth-order valence-corrected chi connectivity index (χ4v) is 2.05. The number of carbonyl (C=O) groups is 2. The van der Waals surface area contributed by atoms with Gasteiger partial charge in [0, 0.05) is 18.7 Å². The summed E-state index contributed by atoms with van der Waals surface area (Å²) in [6, 6.07) is 6.84. The zero-order valence-electron chi connectivity index (χ0n) is 12.1. The molecule has 0 saturated carbocycles. The van der Waals surface area contributed by atoms with E-state index in [-0.39, 0.29) is 18.3 Å². The van der Waals surface area contributed by atoms with Crippen LogP contribution in [0.1, 0.15) is 23.7 Å². The minimum absolute atomic E-state index is 0.0252. The highest BCUT2D eigenvalue weighted by molar-refractivity contribution is 5.94. The molecule has 5 heteroatoms. The van der Waals surface area contributed by atoms with Crippen molar-refractivity contribution in [3.8, 4) is 5.75 Å². The minimum Gasteiger partial charge on any atom is -0.484 e. The first-order valence-corrected chi connectivity index (χ1v) is 7.04. The Balaban J connectivity index is 1.77. The molecule has 0 aromatic heterocycles. The van der Waals surface area contributed by atoms with E-state index in [1.807, 2.05) is 0 Å². The van der Waals surface area contributed by atoms with Crippen molar-refractivity contribution in [3.05, 3.63) is 41.5 Å². The number of benzene rings is 1. The number of carbonyl (C=O) groups excluding carboxylic acids is 2. The van der Waals surface area contributed by atoms with Gasteiger partial charge in [0.25, 0.3) is 5.91 Å². The lowest BCUT2D eigenvalue weighted by Crippen LogP contribution is -2.32. The van der Waals surface area contributed by atoms with Gasteiger partial charge < -0.3 is 15.4 Å². The van der Waals surface area contributed by atoms with Crippen LogP contribution in [0.4, 0.5) is 0 Å². The molecule has 1 aliphatic rings. The normalized spacial score (nSPS) is 14.2. The van der Waals surface area contributed by atoms with Gasteiger partial charge in [-0.05, 0) is 32.0 Å². The van der Waals surface area contributed by atoms with Gasteiger partial charge in [-0.1, -0.05) is 23.8 Å². The van der Waals surface area contributed by atoms with E-state index in [9.17, 15) is 9.59 Å². The van der Waals surface area contributed by atoms with Crippen LogP contribution in [-0.4, -0.2) is 37.9 Å². The fraction of sp³-hybridized carbons (Fsp3) is 0.375. The Morgan fingerprint density at radius 3 is 2.95 bits per heavy atom. The summed E-state index contributed by atoms with van der Waals surface area (Å²) in [5.74, 6) is 0.337. The van der Waals surface area contributed by atoms with Crippen molar-refractivity contribution in [1.29, 1.82) is 0 Å². The van der Waals surface area contributed by atoms with Crippen molar-refractivity contribution >= 4 is 11.7 Å². The first kappa shape index (κ1) is 15.3. The van der Waals surface area contributed by atoms with Gasteiger partial charge >= 0.3 is 0 Å². The van der Waals surface area contributed by atoms with E-state index >= 15 is 0 Å². The number of amides is 1. The monoisotopic (exact) mass is 288 g/mol. The number of ketones is 1. The molecule has 1 aromatic carbocycles. The molecule has 2 N–H and O–H groups in total. The molecule has 1 aromatic rings. The van der Waals surface area contributed by atoms with Gasteiger partial charge in [-0.2, -0.15) is 0 Å². The van der Waals surface area contributed by atoms with Crippen LogP contribution >= 0.6 is 0 Å².